The average Bonchev–Trinajstić information content (AvgIpc) is 2.89. The number of likely N-dealkylation sites (N-methyl/N-ethyl adjacent to an activating group) is 1. The second-order valence-corrected chi connectivity index (χ2v) is 6.35. The first-order chi connectivity index (χ1) is 9.67. The number of thiophene rings is 1. The monoisotopic (exact) mass is 291 g/mol. The van der Waals surface area contributed by atoms with Gasteiger partial charge in [0, 0.05) is 32.7 Å². The van der Waals surface area contributed by atoms with E-state index in [4.69, 9.17) is 4.98 Å². The van der Waals surface area contributed by atoms with Crippen LogP contribution in [0.25, 0.3) is 10.2 Å². The third kappa shape index (κ3) is 2.63. The topological polar surface area (TPSA) is 44.3 Å². The molecule has 1 aliphatic heterocycles. The fraction of sp³-hybridized carbons (Fsp3) is 0.571. The van der Waals surface area contributed by atoms with Gasteiger partial charge >= 0.3 is 0 Å². The summed E-state index contributed by atoms with van der Waals surface area (Å²) in [5, 5.41) is 6.37. The minimum Gasteiger partial charge on any atom is -0.372 e. The van der Waals surface area contributed by atoms with E-state index < -0.39 is 0 Å². The predicted octanol–water partition coefficient (Wildman–Crippen LogP) is 1.87. The minimum absolute atomic E-state index is 0.550. The van der Waals surface area contributed by atoms with Crippen molar-refractivity contribution < 1.29 is 0 Å². The van der Waals surface area contributed by atoms with Gasteiger partial charge in [0.05, 0.1) is 11.9 Å². The molecule has 5 nitrogen and oxygen atoms in total. The van der Waals surface area contributed by atoms with Crippen LogP contribution in [0.3, 0.4) is 0 Å². The van der Waals surface area contributed by atoms with Crippen molar-refractivity contribution in [2.45, 2.75) is 19.5 Å². The molecule has 3 heterocycles. The summed E-state index contributed by atoms with van der Waals surface area (Å²) in [6, 6.07) is 2.63. The van der Waals surface area contributed by atoms with Gasteiger partial charge in [-0.3, -0.25) is 4.90 Å². The number of hydrogen-bond donors (Lipinski definition) is 1. The van der Waals surface area contributed by atoms with Crippen LogP contribution in [-0.4, -0.2) is 59.5 Å². The number of hydrogen-bond acceptors (Lipinski definition) is 6. The van der Waals surface area contributed by atoms with Crippen LogP contribution in [0.15, 0.2) is 11.4 Å². The van der Waals surface area contributed by atoms with Gasteiger partial charge in [-0.2, -0.15) is 0 Å². The number of anilines is 1. The summed E-state index contributed by atoms with van der Waals surface area (Å²) in [5.41, 5.74) is 0. The van der Waals surface area contributed by atoms with Crippen molar-refractivity contribution in [1.29, 1.82) is 0 Å². The first-order valence-corrected chi connectivity index (χ1v) is 7.90. The van der Waals surface area contributed by atoms with Crippen molar-refractivity contribution >= 4 is 27.4 Å². The highest BCUT2D eigenvalue weighted by atomic mass is 32.1. The van der Waals surface area contributed by atoms with Gasteiger partial charge < -0.3 is 10.2 Å². The predicted molar refractivity (Wildman–Crippen MR) is 84.3 cm³/mol. The van der Waals surface area contributed by atoms with Gasteiger partial charge in [0.15, 0.2) is 0 Å². The molecule has 108 valence electrons. The molecule has 0 aromatic carbocycles. The van der Waals surface area contributed by atoms with Crippen molar-refractivity contribution in [3.05, 3.63) is 17.3 Å². The molecule has 1 unspecified atom stereocenters. The van der Waals surface area contributed by atoms with Gasteiger partial charge in [0.1, 0.15) is 16.5 Å². The van der Waals surface area contributed by atoms with Crippen LogP contribution in [0.4, 0.5) is 5.82 Å². The summed E-state index contributed by atoms with van der Waals surface area (Å²) in [7, 11) is 4.10. The van der Waals surface area contributed by atoms with Gasteiger partial charge in [0.2, 0.25) is 0 Å². The minimum atomic E-state index is 0.550. The van der Waals surface area contributed by atoms with Crippen LogP contribution >= 0.6 is 11.3 Å². The molecule has 6 heteroatoms. The standard InChI is InChI=1S/C14H21N5S/c1-10-8-18(3)5-6-19(10)9-12-16-13(15-2)11-4-7-20-14(11)17-12/h4,7,10H,5-6,8-9H2,1-3H3,(H,15,16,17). The summed E-state index contributed by atoms with van der Waals surface area (Å²) in [5.74, 6) is 1.86. The summed E-state index contributed by atoms with van der Waals surface area (Å²) < 4.78 is 0. The van der Waals surface area contributed by atoms with E-state index >= 15 is 0 Å². The molecule has 0 bridgehead atoms. The zero-order valence-electron chi connectivity index (χ0n) is 12.3. The van der Waals surface area contributed by atoms with Gasteiger partial charge in [0.25, 0.3) is 0 Å². The number of rotatable bonds is 3. The average molecular weight is 291 g/mol. The zero-order chi connectivity index (χ0) is 14.1. The first-order valence-electron chi connectivity index (χ1n) is 7.02. The van der Waals surface area contributed by atoms with Crippen LogP contribution < -0.4 is 5.32 Å². The quantitative estimate of drug-likeness (QED) is 0.935. The smallest absolute Gasteiger partial charge is 0.146 e. The van der Waals surface area contributed by atoms with Crippen LogP contribution in [-0.2, 0) is 6.54 Å². The van der Waals surface area contributed by atoms with Gasteiger partial charge in [-0.15, -0.1) is 11.3 Å². The highest BCUT2D eigenvalue weighted by molar-refractivity contribution is 7.16. The van der Waals surface area contributed by atoms with Crippen molar-refractivity contribution in [3.63, 3.8) is 0 Å². The lowest BCUT2D eigenvalue weighted by molar-refractivity contribution is 0.0916. The number of nitrogens with zero attached hydrogens (tertiary/aromatic N) is 4. The second kappa shape index (κ2) is 5.63. The van der Waals surface area contributed by atoms with Crippen LogP contribution in [0, 0.1) is 0 Å². The molecule has 0 radical (unpaired) electrons. The molecule has 0 spiro atoms. The Balaban J connectivity index is 1.83. The lowest BCUT2D eigenvalue weighted by Gasteiger charge is -2.37. The largest absolute Gasteiger partial charge is 0.372 e. The summed E-state index contributed by atoms with van der Waals surface area (Å²) in [6.45, 7) is 6.42. The lowest BCUT2D eigenvalue weighted by Crippen LogP contribution is -2.50. The molecule has 1 N–H and O–H groups in total. The first kappa shape index (κ1) is 13.7. The van der Waals surface area contributed by atoms with E-state index in [1.54, 1.807) is 11.3 Å². The Morgan fingerprint density at radius 3 is 3.00 bits per heavy atom. The molecule has 1 saturated heterocycles. The van der Waals surface area contributed by atoms with E-state index in [1.165, 1.54) is 0 Å². The van der Waals surface area contributed by atoms with Crippen LogP contribution in [0.5, 0.6) is 0 Å². The summed E-state index contributed by atoms with van der Waals surface area (Å²) in [6.07, 6.45) is 0. The highest BCUT2D eigenvalue weighted by Gasteiger charge is 2.22. The molecule has 20 heavy (non-hydrogen) atoms. The molecule has 1 atom stereocenters. The Hall–Kier alpha value is -1.24. The maximum Gasteiger partial charge on any atom is 0.146 e. The Kier molecular flexibility index (Phi) is 3.87. The van der Waals surface area contributed by atoms with Crippen molar-refractivity contribution in [3.8, 4) is 0 Å². The van der Waals surface area contributed by atoms with E-state index in [-0.39, 0.29) is 0 Å². The second-order valence-electron chi connectivity index (χ2n) is 5.46. The summed E-state index contributed by atoms with van der Waals surface area (Å²) >= 11 is 1.68. The maximum absolute atomic E-state index is 4.70. The van der Waals surface area contributed by atoms with Gasteiger partial charge in [-0.05, 0) is 25.4 Å². The zero-order valence-corrected chi connectivity index (χ0v) is 13.1. The number of fused-ring (bicyclic) bond motifs is 1. The molecule has 1 aliphatic rings. The van der Waals surface area contributed by atoms with Crippen molar-refractivity contribution in [2.24, 2.45) is 0 Å². The molecular formula is C14H21N5S. The maximum atomic E-state index is 4.70. The van der Waals surface area contributed by atoms with E-state index in [1.807, 2.05) is 7.05 Å². The van der Waals surface area contributed by atoms with Gasteiger partial charge in [-0.25, -0.2) is 9.97 Å². The molecule has 0 saturated carbocycles. The molecule has 3 rings (SSSR count). The van der Waals surface area contributed by atoms with E-state index in [0.29, 0.717) is 6.04 Å². The van der Waals surface area contributed by atoms with Gasteiger partial charge in [-0.1, -0.05) is 0 Å². The Bertz CT molecular complexity index is 596. The fourth-order valence-electron chi connectivity index (χ4n) is 2.75. The Morgan fingerprint density at radius 1 is 1.40 bits per heavy atom. The molecule has 0 amide bonds. The lowest BCUT2D eigenvalue weighted by atomic mass is 10.2. The third-order valence-corrected chi connectivity index (χ3v) is 4.73. The fourth-order valence-corrected chi connectivity index (χ4v) is 3.54. The molecule has 2 aromatic heterocycles. The van der Waals surface area contributed by atoms with E-state index in [2.05, 4.69) is 45.5 Å². The molecule has 2 aromatic rings. The molecular weight excluding hydrogens is 270 g/mol. The number of piperazine rings is 1. The SMILES string of the molecule is CNc1nc(CN2CCN(C)CC2C)nc2sccc12. The highest BCUT2D eigenvalue weighted by Crippen LogP contribution is 2.25. The number of nitrogens with one attached hydrogen (secondary N) is 1. The van der Waals surface area contributed by atoms with E-state index in [0.717, 1.165) is 48.0 Å². The van der Waals surface area contributed by atoms with Crippen LogP contribution in [0.1, 0.15) is 12.7 Å². The normalized spacial score (nSPS) is 21.4. The Morgan fingerprint density at radius 2 is 2.25 bits per heavy atom. The summed E-state index contributed by atoms with van der Waals surface area (Å²) in [4.78, 5) is 15.3. The molecule has 0 aliphatic carbocycles. The third-order valence-electron chi connectivity index (χ3n) is 3.92. The number of aromatic nitrogens is 2. The molecule has 1 fully saturated rings. The van der Waals surface area contributed by atoms with E-state index in [9.17, 15) is 0 Å². The van der Waals surface area contributed by atoms with Crippen LogP contribution in [0.2, 0.25) is 0 Å². The Labute approximate surface area is 123 Å². The van der Waals surface area contributed by atoms with Crippen molar-refractivity contribution in [2.75, 3.05) is 39.0 Å². The van der Waals surface area contributed by atoms with Crippen molar-refractivity contribution in [1.82, 2.24) is 19.8 Å².